The molecule has 4 nitrogen and oxygen atoms in total. The number of ether oxygens (including phenoxy) is 1. The van der Waals surface area contributed by atoms with Crippen molar-refractivity contribution >= 4 is 28.9 Å². The highest BCUT2D eigenvalue weighted by atomic mass is 32.1. The van der Waals surface area contributed by atoms with Crippen LogP contribution in [0, 0.1) is 18.6 Å². The van der Waals surface area contributed by atoms with Gasteiger partial charge in [0.25, 0.3) is 5.91 Å². The second-order valence-electron chi connectivity index (χ2n) is 4.82. The van der Waals surface area contributed by atoms with Crippen molar-refractivity contribution in [2.45, 2.75) is 20.3 Å². The molecule has 0 spiro atoms. The SMILES string of the molecule is CCc1sc(C(=O)OCC(=O)Nc2ccc(F)c(F)c2)cc1C. The molecule has 0 aliphatic carbocycles. The summed E-state index contributed by atoms with van der Waals surface area (Å²) in [5.41, 5.74) is 1.10. The summed E-state index contributed by atoms with van der Waals surface area (Å²) in [6.07, 6.45) is 0.820. The van der Waals surface area contributed by atoms with Gasteiger partial charge in [-0.2, -0.15) is 0 Å². The van der Waals surface area contributed by atoms with Gasteiger partial charge in [-0.15, -0.1) is 11.3 Å². The summed E-state index contributed by atoms with van der Waals surface area (Å²) in [6, 6.07) is 4.69. The molecular formula is C16H15F2NO3S. The maximum absolute atomic E-state index is 13.0. The Kier molecular flexibility index (Phi) is 5.44. The smallest absolute Gasteiger partial charge is 0.348 e. The Hall–Kier alpha value is -2.28. The molecule has 1 aromatic carbocycles. The Morgan fingerprint density at radius 1 is 1.22 bits per heavy atom. The second-order valence-corrected chi connectivity index (χ2v) is 5.96. The van der Waals surface area contributed by atoms with Crippen LogP contribution in [-0.2, 0) is 16.0 Å². The molecule has 0 bridgehead atoms. The summed E-state index contributed by atoms with van der Waals surface area (Å²) in [7, 11) is 0. The Morgan fingerprint density at radius 3 is 2.57 bits per heavy atom. The van der Waals surface area contributed by atoms with E-state index in [9.17, 15) is 18.4 Å². The summed E-state index contributed by atoms with van der Waals surface area (Å²) in [5.74, 6) is -3.29. The van der Waals surface area contributed by atoms with Crippen LogP contribution in [0.5, 0.6) is 0 Å². The van der Waals surface area contributed by atoms with Crippen molar-refractivity contribution in [3.8, 4) is 0 Å². The van der Waals surface area contributed by atoms with Crippen molar-refractivity contribution in [3.05, 3.63) is 51.2 Å². The third-order valence-corrected chi connectivity index (χ3v) is 4.44. The van der Waals surface area contributed by atoms with Gasteiger partial charge in [-0.25, -0.2) is 13.6 Å². The molecule has 1 heterocycles. The Morgan fingerprint density at radius 2 is 1.96 bits per heavy atom. The van der Waals surface area contributed by atoms with E-state index < -0.39 is 30.1 Å². The van der Waals surface area contributed by atoms with Crippen molar-refractivity contribution in [2.75, 3.05) is 11.9 Å². The van der Waals surface area contributed by atoms with E-state index in [0.717, 1.165) is 29.0 Å². The molecule has 122 valence electrons. The summed E-state index contributed by atoms with van der Waals surface area (Å²) in [6.45, 7) is 3.39. The topological polar surface area (TPSA) is 55.4 Å². The largest absolute Gasteiger partial charge is 0.451 e. The highest BCUT2D eigenvalue weighted by molar-refractivity contribution is 7.14. The lowest BCUT2D eigenvalue weighted by Gasteiger charge is -2.06. The monoisotopic (exact) mass is 339 g/mol. The third kappa shape index (κ3) is 4.35. The first kappa shape index (κ1) is 17.1. The molecule has 1 N–H and O–H groups in total. The quantitative estimate of drug-likeness (QED) is 0.845. The van der Waals surface area contributed by atoms with Crippen LogP contribution in [0.25, 0.3) is 0 Å². The lowest BCUT2D eigenvalue weighted by molar-refractivity contribution is -0.119. The number of hydrogen-bond donors (Lipinski definition) is 1. The molecule has 7 heteroatoms. The lowest BCUT2D eigenvalue weighted by atomic mass is 10.2. The summed E-state index contributed by atoms with van der Waals surface area (Å²) < 4.78 is 30.7. The minimum atomic E-state index is -1.07. The van der Waals surface area contributed by atoms with Crippen molar-refractivity contribution < 1.29 is 23.1 Å². The van der Waals surface area contributed by atoms with Crippen LogP contribution in [-0.4, -0.2) is 18.5 Å². The van der Waals surface area contributed by atoms with Crippen molar-refractivity contribution in [3.63, 3.8) is 0 Å². The number of thiophene rings is 1. The molecule has 2 rings (SSSR count). The molecule has 23 heavy (non-hydrogen) atoms. The van der Waals surface area contributed by atoms with E-state index in [1.807, 2.05) is 13.8 Å². The zero-order chi connectivity index (χ0) is 17.0. The molecule has 0 atom stereocenters. The van der Waals surface area contributed by atoms with Gasteiger partial charge in [-0.3, -0.25) is 4.79 Å². The standard InChI is InChI=1S/C16H15F2NO3S/c1-3-13-9(2)6-14(23-13)16(21)22-8-15(20)19-10-4-5-11(17)12(18)7-10/h4-7H,3,8H2,1-2H3,(H,19,20). The number of hydrogen-bond acceptors (Lipinski definition) is 4. The number of esters is 1. The normalized spacial score (nSPS) is 10.4. The minimum Gasteiger partial charge on any atom is -0.451 e. The molecular weight excluding hydrogens is 324 g/mol. The lowest BCUT2D eigenvalue weighted by Crippen LogP contribution is -2.20. The van der Waals surface area contributed by atoms with Gasteiger partial charge in [0, 0.05) is 16.6 Å². The zero-order valence-electron chi connectivity index (χ0n) is 12.6. The van der Waals surface area contributed by atoms with Crippen LogP contribution in [0.1, 0.15) is 27.0 Å². The van der Waals surface area contributed by atoms with Crippen molar-refractivity contribution in [1.29, 1.82) is 0 Å². The molecule has 0 saturated heterocycles. The van der Waals surface area contributed by atoms with Gasteiger partial charge in [-0.1, -0.05) is 6.92 Å². The molecule has 2 aromatic rings. The first-order valence-corrected chi connectivity index (χ1v) is 7.73. The number of aryl methyl sites for hydroxylation is 2. The van der Waals surface area contributed by atoms with E-state index in [2.05, 4.69) is 5.32 Å². The summed E-state index contributed by atoms with van der Waals surface area (Å²) in [5, 5.41) is 2.33. The number of benzene rings is 1. The third-order valence-electron chi connectivity index (χ3n) is 3.08. The first-order chi connectivity index (χ1) is 10.9. The van der Waals surface area contributed by atoms with Crippen LogP contribution in [0.3, 0.4) is 0 Å². The number of carbonyl (C=O) groups excluding carboxylic acids is 2. The fourth-order valence-electron chi connectivity index (χ4n) is 1.94. The maximum atomic E-state index is 13.0. The predicted octanol–water partition coefficient (Wildman–Crippen LogP) is 3.69. The summed E-state index contributed by atoms with van der Waals surface area (Å²) >= 11 is 1.33. The van der Waals surface area contributed by atoms with Crippen LogP contribution in [0.4, 0.5) is 14.5 Å². The Balaban J connectivity index is 1.90. The van der Waals surface area contributed by atoms with Gasteiger partial charge in [0.05, 0.1) is 0 Å². The van der Waals surface area contributed by atoms with E-state index in [4.69, 9.17) is 4.74 Å². The number of nitrogens with one attached hydrogen (secondary N) is 1. The molecule has 0 saturated carbocycles. The zero-order valence-corrected chi connectivity index (χ0v) is 13.4. The van der Waals surface area contributed by atoms with E-state index >= 15 is 0 Å². The van der Waals surface area contributed by atoms with E-state index in [-0.39, 0.29) is 5.69 Å². The second kappa shape index (κ2) is 7.32. The number of amides is 1. The van der Waals surface area contributed by atoms with Gasteiger partial charge >= 0.3 is 5.97 Å². The highest BCUT2D eigenvalue weighted by Gasteiger charge is 2.15. The molecule has 1 amide bonds. The van der Waals surface area contributed by atoms with Gasteiger partial charge in [0.2, 0.25) is 0 Å². The van der Waals surface area contributed by atoms with Gasteiger partial charge < -0.3 is 10.1 Å². The first-order valence-electron chi connectivity index (χ1n) is 6.92. The van der Waals surface area contributed by atoms with Gasteiger partial charge in [0.1, 0.15) is 4.88 Å². The number of rotatable bonds is 5. The molecule has 0 fully saturated rings. The van der Waals surface area contributed by atoms with Gasteiger partial charge in [-0.05, 0) is 37.1 Å². The van der Waals surface area contributed by atoms with Gasteiger partial charge in [0.15, 0.2) is 18.2 Å². The fraction of sp³-hybridized carbons (Fsp3) is 0.250. The van der Waals surface area contributed by atoms with E-state index in [1.54, 1.807) is 6.07 Å². The molecule has 0 aliphatic heterocycles. The number of carbonyl (C=O) groups is 2. The molecule has 0 unspecified atom stereocenters. The summed E-state index contributed by atoms with van der Waals surface area (Å²) in [4.78, 5) is 25.1. The van der Waals surface area contributed by atoms with Crippen LogP contribution < -0.4 is 5.32 Å². The minimum absolute atomic E-state index is 0.0881. The average molecular weight is 339 g/mol. The van der Waals surface area contributed by atoms with E-state index in [1.165, 1.54) is 17.4 Å². The van der Waals surface area contributed by atoms with Crippen molar-refractivity contribution in [1.82, 2.24) is 0 Å². The predicted molar refractivity (Wildman–Crippen MR) is 83.7 cm³/mol. The molecule has 0 aliphatic rings. The van der Waals surface area contributed by atoms with Crippen LogP contribution in [0.15, 0.2) is 24.3 Å². The highest BCUT2D eigenvalue weighted by Crippen LogP contribution is 2.23. The van der Waals surface area contributed by atoms with E-state index in [0.29, 0.717) is 4.88 Å². The Bertz CT molecular complexity index is 743. The molecule has 1 aromatic heterocycles. The average Bonchev–Trinajstić information content (AvgIpc) is 2.89. The fourth-order valence-corrected chi connectivity index (χ4v) is 2.95. The number of anilines is 1. The Labute approximate surface area is 136 Å². The van der Waals surface area contributed by atoms with Crippen LogP contribution >= 0.6 is 11.3 Å². The van der Waals surface area contributed by atoms with Crippen LogP contribution in [0.2, 0.25) is 0 Å². The molecule has 0 radical (unpaired) electrons. The van der Waals surface area contributed by atoms with Crippen molar-refractivity contribution in [2.24, 2.45) is 0 Å². The number of halogens is 2. The maximum Gasteiger partial charge on any atom is 0.348 e.